The van der Waals surface area contributed by atoms with Gasteiger partial charge >= 0.3 is 0 Å². The summed E-state index contributed by atoms with van der Waals surface area (Å²) in [5.74, 6) is 0.0710. The Balaban J connectivity index is 1.28. The summed E-state index contributed by atoms with van der Waals surface area (Å²) in [5, 5.41) is 4.14. The Morgan fingerprint density at radius 2 is 1.71 bits per heavy atom. The highest BCUT2D eigenvalue weighted by atomic mass is 16.5. The lowest BCUT2D eigenvalue weighted by Crippen LogP contribution is -2.38. The second-order valence-electron chi connectivity index (χ2n) is 7.96. The van der Waals surface area contributed by atoms with Crippen molar-refractivity contribution < 1.29 is 9.53 Å². The van der Waals surface area contributed by atoms with Crippen molar-refractivity contribution >= 4 is 39.0 Å². The van der Waals surface area contributed by atoms with Gasteiger partial charge in [-0.1, -0.05) is 30.3 Å². The minimum Gasteiger partial charge on any atom is -0.379 e. The van der Waals surface area contributed by atoms with Gasteiger partial charge in [0.05, 0.1) is 29.8 Å². The van der Waals surface area contributed by atoms with Crippen molar-refractivity contribution in [2.45, 2.75) is 19.4 Å². The summed E-state index contributed by atoms with van der Waals surface area (Å²) in [4.78, 5) is 24.6. The average Bonchev–Trinajstić information content (AvgIpc) is 3.12. The third kappa shape index (κ3) is 4.24. The quantitative estimate of drug-likeness (QED) is 0.468. The standard InChI is InChI=1S/C24H27N5O2/c30-22(25-11-5-12-28-14-16-31-17-15-28)10-13-29-21-9-4-1-6-18(21)23-24(29)27-20-8-3-2-7-19(20)26-23/h1-4,6-9H,5,10-17H2,(H,25,30). The molecule has 0 radical (unpaired) electrons. The zero-order chi connectivity index (χ0) is 21.0. The van der Waals surface area contributed by atoms with Crippen LogP contribution in [-0.2, 0) is 16.1 Å². The lowest BCUT2D eigenvalue weighted by molar-refractivity contribution is -0.121. The van der Waals surface area contributed by atoms with Crippen LogP contribution in [0, 0.1) is 0 Å². The van der Waals surface area contributed by atoms with E-state index in [0.717, 1.165) is 72.4 Å². The molecule has 160 valence electrons. The average molecular weight is 418 g/mol. The van der Waals surface area contributed by atoms with Crippen molar-refractivity contribution in [3.05, 3.63) is 48.5 Å². The predicted octanol–water partition coefficient (Wildman–Crippen LogP) is 2.97. The fourth-order valence-corrected chi connectivity index (χ4v) is 4.27. The molecule has 1 N–H and O–H groups in total. The number of aromatic nitrogens is 3. The molecule has 0 aliphatic carbocycles. The van der Waals surface area contributed by atoms with E-state index in [1.165, 1.54) is 0 Å². The van der Waals surface area contributed by atoms with E-state index in [0.29, 0.717) is 19.5 Å². The number of benzene rings is 2. The lowest BCUT2D eigenvalue weighted by Gasteiger charge is -2.26. The fourth-order valence-electron chi connectivity index (χ4n) is 4.27. The van der Waals surface area contributed by atoms with Crippen LogP contribution in [0.1, 0.15) is 12.8 Å². The summed E-state index contributed by atoms with van der Waals surface area (Å²) in [6.45, 7) is 5.86. The van der Waals surface area contributed by atoms with Gasteiger partial charge in [0.25, 0.3) is 0 Å². The van der Waals surface area contributed by atoms with E-state index in [2.05, 4.69) is 26.9 Å². The monoisotopic (exact) mass is 417 g/mol. The molecule has 2 aromatic heterocycles. The Kier molecular flexibility index (Phi) is 5.78. The summed E-state index contributed by atoms with van der Waals surface area (Å²) in [7, 11) is 0. The van der Waals surface area contributed by atoms with Crippen LogP contribution >= 0.6 is 0 Å². The normalized spacial score (nSPS) is 15.1. The molecule has 1 fully saturated rings. The van der Waals surface area contributed by atoms with Crippen LogP contribution in [-0.4, -0.2) is 64.7 Å². The first kappa shape index (κ1) is 19.9. The summed E-state index contributed by atoms with van der Waals surface area (Å²) in [5.41, 5.74) is 4.54. The first-order valence-electron chi connectivity index (χ1n) is 11.0. The minimum absolute atomic E-state index is 0.0710. The van der Waals surface area contributed by atoms with E-state index in [-0.39, 0.29) is 5.91 Å². The second kappa shape index (κ2) is 8.99. The van der Waals surface area contributed by atoms with Gasteiger partial charge in [-0.05, 0) is 31.2 Å². The number of hydrogen-bond acceptors (Lipinski definition) is 5. The van der Waals surface area contributed by atoms with Gasteiger partial charge in [0.2, 0.25) is 5.91 Å². The van der Waals surface area contributed by atoms with Gasteiger partial charge in [0.1, 0.15) is 5.52 Å². The molecule has 3 heterocycles. The molecule has 2 aromatic carbocycles. The molecule has 5 rings (SSSR count). The fraction of sp³-hybridized carbons (Fsp3) is 0.375. The molecule has 7 heteroatoms. The molecule has 0 unspecified atom stereocenters. The number of fused-ring (bicyclic) bond motifs is 4. The van der Waals surface area contributed by atoms with E-state index in [4.69, 9.17) is 14.7 Å². The van der Waals surface area contributed by atoms with E-state index < -0.39 is 0 Å². The number of carbonyl (C=O) groups excluding carboxylic acids is 1. The van der Waals surface area contributed by atoms with Crippen molar-refractivity contribution in [3.63, 3.8) is 0 Å². The molecule has 7 nitrogen and oxygen atoms in total. The minimum atomic E-state index is 0.0710. The highest BCUT2D eigenvalue weighted by Crippen LogP contribution is 2.28. The van der Waals surface area contributed by atoms with Crippen molar-refractivity contribution in [2.75, 3.05) is 39.4 Å². The van der Waals surface area contributed by atoms with Crippen LogP contribution in [0.15, 0.2) is 48.5 Å². The van der Waals surface area contributed by atoms with Crippen LogP contribution < -0.4 is 5.32 Å². The van der Waals surface area contributed by atoms with Crippen LogP contribution in [0.5, 0.6) is 0 Å². The second-order valence-corrected chi connectivity index (χ2v) is 7.96. The third-order valence-electron chi connectivity index (χ3n) is 5.90. The topological polar surface area (TPSA) is 72.3 Å². The molecule has 0 spiro atoms. The molecule has 4 aromatic rings. The van der Waals surface area contributed by atoms with Gasteiger partial charge in [0, 0.05) is 38.0 Å². The van der Waals surface area contributed by atoms with E-state index in [1.54, 1.807) is 0 Å². The summed E-state index contributed by atoms with van der Waals surface area (Å²) in [6, 6.07) is 16.1. The van der Waals surface area contributed by atoms with Crippen LogP contribution in [0.4, 0.5) is 0 Å². The van der Waals surface area contributed by atoms with E-state index >= 15 is 0 Å². The molecule has 1 aliphatic heterocycles. The number of amides is 1. The summed E-state index contributed by atoms with van der Waals surface area (Å²) < 4.78 is 7.50. The zero-order valence-electron chi connectivity index (χ0n) is 17.6. The Hall–Kier alpha value is -3.03. The Bertz CT molecular complexity index is 1210. The maximum Gasteiger partial charge on any atom is 0.221 e. The highest BCUT2D eigenvalue weighted by Gasteiger charge is 2.15. The Morgan fingerprint density at radius 1 is 0.968 bits per heavy atom. The summed E-state index contributed by atoms with van der Waals surface area (Å²) >= 11 is 0. The van der Waals surface area contributed by atoms with Crippen LogP contribution in [0.2, 0.25) is 0 Å². The Morgan fingerprint density at radius 3 is 2.55 bits per heavy atom. The molecule has 0 bridgehead atoms. The van der Waals surface area contributed by atoms with Crippen molar-refractivity contribution in [3.8, 4) is 0 Å². The van der Waals surface area contributed by atoms with Crippen LogP contribution in [0.25, 0.3) is 33.1 Å². The number of ether oxygens (including phenoxy) is 1. The van der Waals surface area contributed by atoms with E-state index in [1.807, 2.05) is 36.4 Å². The number of rotatable bonds is 7. The first-order chi connectivity index (χ1) is 15.3. The molecular formula is C24H27N5O2. The Labute approximate surface area is 181 Å². The number of nitrogens with one attached hydrogen (secondary N) is 1. The molecule has 1 aliphatic rings. The smallest absolute Gasteiger partial charge is 0.221 e. The zero-order valence-corrected chi connectivity index (χ0v) is 17.6. The number of carbonyl (C=O) groups is 1. The van der Waals surface area contributed by atoms with E-state index in [9.17, 15) is 4.79 Å². The van der Waals surface area contributed by atoms with Crippen LogP contribution in [0.3, 0.4) is 0 Å². The molecular weight excluding hydrogens is 390 g/mol. The third-order valence-corrected chi connectivity index (χ3v) is 5.90. The number of aryl methyl sites for hydroxylation is 1. The van der Waals surface area contributed by atoms with Crippen molar-refractivity contribution in [2.24, 2.45) is 0 Å². The maximum absolute atomic E-state index is 12.5. The number of para-hydroxylation sites is 3. The van der Waals surface area contributed by atoms with Gasteiger partial charge in [-0.25, -0.2) is 9.97 Å². The van der Waals surface area contributed by atoms with Gasteiger partial charge < -0.3 is 14.6 Å². The maximum atomic E-state index is 12.5. The van der Waals surface area contributed by atoms with Gasteiger partial charge in [-0.2, -0.15) is 0 Å². The number of morpholine rings is 1. The molecule has 1 amide bonds. The highest BCUT2D eigenvalue weighted by molar-refractivity contribution is 6.06. The number of hydrogen-bond donors (Lipinski definition) is 1. The molecule has 0 atom stereocenters. The summed E-state index contributed by atoms with van der Waals surface area (Å²) in [6.07, 6.45) is 1.37. The number of nitrogens with zero attached hydrogens (tertiary/aromatic N) is 4. The molecule has 1 saturated heterocycles. The molecule has 31 heavy (non-hydrogen) atoms. The lowest BCUT2D eigenvalue weighted by atomic mass is 10.2. The van der Waals surface area contributed by atoms with Crippen molar-refractivity contribution in [1.29, 1.82) is 0 Å². The van der Waals surface area contributed by atoms with Gasteiger partial charge in [-0.3, -0.25) is 9.69 Å². The first-order valence-corrected chi connectivity index (χ1v) is 11.0. The largest absolute Gasteiger partial charge is 0.379 e. The molecule has 0 saturated carbocycles. The van der Waals surface area contributed by atoms with Gasteiger partial charge in [0.15, 0.2) is 5.65 Å². The van der Waals surface area contributed by atoms with Crippen molar-refractivity contribution in [1.82, 2.24) is 24.8 Å². The predicted molar refractivity (Wildman–Crippen MR) is 122 cm³/mol. The van der Waals surface area contributed by atoms with Gasteiger partial charge in [-0.15, -0.1) is 0 Å². The SMILES string of the molecule is O=C(CCn1c2ccccc2c2nc3ccccc3nc21)NCCCN1CCOCC1.